The molecule has 0 bridgehead atoms. The Bertz CT molecular complexity index is 420. The van der Waals surface area contributed by atoms with Crippen LogP contribution >= 0.6 is 0 Å². The predicted octanol–water partition coefficient (Wildman–Crippen LogP) is 1.28. The number of aromatic nitrogens is 1. The molecule has 1 aromatic rings. The van der Waals surface area contributed by atoms with Crippen molar-refractivity contribution in [2.75, 3.05) is 20.7 Å². The van der Waals surface area contributed by atoms with E-state index in [1.54, 1.807) is 25.1 Å². The number of hydrogen-bond acceptors (Lipinski definition) is 4. The highest BCUT2D eigenvalue weighted by atomic mass is 16.5. The molecule has 0 saturated carbocycles. The predicted molar refractivity (Wildman–Crippen MR) is 71.4 cm³/mol. The van der Waals surface area contributed by atoms with E-state index in [1.807, 2.05) is 18.2 Å². The minimum atomic E-state index is -0.710. The van der Waals surface area contributed by atoms with E-state index in [9.17, 15) is 9.59 Å². The summed E-state index contributed by atoms with van der Waals surface area (Å²) in [6, 6.07) is 5.67. The number of nitrogens with zero attached hydrogens (tertiary/aromatic N) is 2. The largest absolute Gasteiger partial charge is 0.468 e. The molecule has 1 heterocycles. The zero-order chi connectivity index (χ0) is 14.3. The number of carbonyl (C=O) groups excluding carboxylic acids is 2. The van der Waals surface area contributed by atoms with Gasteiger partial charge in [-0.05, 0) is 18.6 Å². The van der Waals surface area contributed by atoms with Crippen LogP contribution in [0.1, 0.15) is 19.0 Å². The van der Waals surface area contributed by atoms with Crippen molar-refractivity contribution in [3.8, 4) is 0 Å². The Morgan fingerprint density at radius 2 is 2.16 bits per heavy atom. The molecule has 0 aliphatic heterocycles. The van der Waals surface area contributed by atoms with Crippen LogP contribution in [0.3, 0.4) is 0 Å². The Balaban J connectivity index is 2.54. The molecule has 0 radical (unpaired) electrons. The molecule has 1 atom stereocenters. The van der Waals surface area contributed by atoms with Gasteiger partial charge >= 0.3 is 5.97 Å². The highest BCUT2D eigenvalue weighted by molar-refractivity contribution is 5.97. The summed E-state index contributed by atoms with van der Waals surface area (Å²) in [5.74, 6) is -1.39. The number of rotatable bonds is 6. The van der Waals surface area contributed by atoms with Crippen LogP contribution in [0.15, 0.2) is 24.4 Å². The number of carbonyl (C=O) groups is 2. The van der Waals surface area contributed by atoms with E-state index in [4.69, 9.17) is 0 Å². The van der Waals surface area contributed by atoms with Gasteiger partial charge in [0.2, 0.25) is 5.91 Å². The van der Waals surface area contributed by atoms with Crippen molar-refractivity contribution < 1.29 is 14.3 Å². The number of pyridine rings is 1. The van der Waals surface area contributed by atoms with E-state index in [1.165, 1.54) is 7.11 Å². The summed E-state index contributed by atoms with van der Waals surface area (Å²) >= 11 is 0. The molecule has 5 nitrogen and oxygen atoms in total. The molecular formula is C14H20N2O3. The summed E-state index contributed by atoms with van der Waals surface area (Å²) in [7, 11) is 2.99. The summed E-state index contributed by atoms with van der Waals surface area (Å²) in [5.41, 5.74) is 0.924. The molecule has 1 rings (SSSR count). The van der Waals surface area contributed by atoms with Crippen molar-refractivity contribution in [3.63, 3.8) is 0 Å². The number of likely N-dealkylation sites (N-methyl/N-ethyl adjacent to an activating group) is 1. The number of amides is 1. The first-order chi connectivity index (χ1) is 9.10. The monoisotopic (exact) mass is 264 g/mol. The average molecular weight is 264 g/mol. The summed E-state index contributed by atoms with van der Waals surface area (Å²) in [6.07, 6.45) is 2.83. The molecular weight excluding hydrogens is 244 g/mol. The van der Waals surface area contributed by atoms with Crippen LogP contribution in [0, 0.1) is 5.92 Å². The Kier molecular flexibility index (Phi) is 5.99. The molecule has 0 spiro atoms. The second kappa shape index (κ2) is 7.51. The first kappa shape index (κ1) is 15.1. The van der Waals surface area contributed by atoms with Crippen LogP contribution in [-0.2, 0) is 20.7 Å². The van der Waals surface area contributed by atoms with Crippen molar-refractivity contribution in [1.82, 2.24) is 9.88 Å². The standard InChI is InChI=1S/C14H20N2O3/c1-4-12(14(18)19-3)13(17)16(2)10-8-11-7-5-6-9-15-11/h5-7,9,12H,4,8,10H2,1-3H3. The molecule has 19 heavy (non-hydrogen) atoms. The van der Waals surface area contributed by atoms with Crippen LogP contribution in [-0.4, -0.2) is 42.5 Å². The van der Waals surface area contributed by atoms with Gasteiger partial charge in [0.1, 0.15) is 5.92 Å². The maximum Gasteiger partial charge on any atom is 0.318 e. The highest BCUT2D eigenvalue weighted by Gasteiger charge is 2.28. The van der Waals surface area contributed by atoms with Crippen LogP contribution in [0.25, 0.3) is 0 Å². The van der Waals surface area contributed by atoms with Crippen molar-refractivity contribution in [2.45, 2.75) is 19.8 Å². The third-order valence-corrected chi connectivity index (χ3v) is 3.00. The maximum absolute atomic E-state index is 12.1. The zero-order valence-electron chi connectivity index (χ0n) is 11.6. The van der Waals surface area contributed by atoms with Crippen molar-refractivity contribution in [3.05, 3.63) is 30.1 Å². The Morgan fingerprint density at radius 3 is 2.68 bits per heavy atom. The van der Waals surface area contributed by atoms with Gasteiger partial charge in [-0.25, -0.2) is 0 Å². The number of ether oxygens (including phenoxy) is 1. The van der Waals surface area contributed by atoms with E-state index in [-0.39, 0.29) is 5.91 Å². The summed E-state index contributed by atoms with van der Waals surface area (Å²) in [6.45, 7) is 2.33. The molecule has 0 fully saturated rings. The SMILES string of the molecule is CCC(C(=O)OC)C(=O)N(C)CCc1ccccn1. The first-order valence-corrected chi connectivity index (χ1v) is 6.32. The normalized spacial score (nSPS) is 11.7. The molecule has 0 aliphatic rings. The van der Waals surface area contributed by atoms with E-state index >= 15 is 0 Å². The number of esters is 1. The second-order valence-corrected chi connectivity index (χ2v) is 4.31. The molecule has 0 aliphatic carbocycles. The molecule has 0 aromatic carbocycles. The highest BCUT2D eigenvalue weighted by Crippen LogP contribution is 2.09. The van der Waals surface area contributed by atoms with Gasteiger partial charge in [0.15, 0.2) is 0 Å². The maximum atomic E-state index is 12.1. The lowest BCUT2D eigenvalue weighted by atomic mass is 10.1. The van der Waals surface area contributed by atoms with Gasteiger partial charge < -0.3 is 9.64 Å². The Labute approximate surface area is 113 Å². The Morgan fingerprint density at radius 1 is 1.42 bits per heavy atom. The van der Waals surface area contributed by atoms with Gasteiger partial charge in [-0.2, -0.15) is 0 Å². The van der Waals surface area contributed by atoms with E-state index in [2.05, 4.69) is 9.72 Å². The van der Waals surface area contributed by atoms with E-state index in [0.29, 0.717) is 19.4 Å². The lowest BCUT2D eigenvalue weighted by Crippen LogP contribution is -2.38. The molecule has 5 heteroatoms. The lowest BCUT2D eigenvalue weighted by molar-refractivity contribution is -0.153. The summed E-state index contributed by atoms with van der Waals surface area (Å²) in [5, 5.41) is 0. The van der Waals surface area contributed by atoms with Crippen LogP contribution < -0.4 is 0 Å². The first-order valence-electron chi connectivity index (χ1n) is 6.32. The Hall–Kier alpha value is -1.91. The minimum Gasteiger partial charge on any atom is -0.468 e. The minimum absolute atomic E-state index is 0.203. The third kappa shape index (κ3) is 4.35. The molecule has 104 valence electrons. The molecule has 1 amide bonds. The van der Waals surface area contributed by atoms with Gasteiger partial charge in [-0.3, -0.25) is 14.6 Å². The molecule has 0 N–H and O–H groups in total. The fourth-order valence-electron chi connectivity index (χ4n) is 1.79. The van der Waals surface area contributed by atoms with Gasteiger partial charge in [0.25, 0.3) is 0 Å². The fraction of sp³-hybridized carbons (Fsp3) is 0.500. The van der Waals surface area contributed by atoms with E-state index in [0.717, 1.165) is 5.69 Å². The van der Waals surface area contributed by atoms with Gasteiger partial charge in [0.05, 0.1) is 7.11 Å². The summed E-state index contributed by atoms with van der Waals surface area (Å²) in [4.78, 5) is 29.3. The smallest absolute Gasteiger partial charge is 0.318 e. The quantitative estimate of drug-likeness (QED) is 0.573. The van der Waals surface area contributed by atoms with Gasteiger partial charge in [-0.15, -0.1) is 0 Å². The van der Waals surface area contributed by atoms with E-state index < -0.39 is 11.9 Å². The third-order valence-electron chi connectivity index (χ3n) is 3.00. The fourth-order valence-corrected chi connectivity index (χ4v) is 1.79. The van der Waals surface area contributed by atoms with Crippen molar-refractivity contribution in [1.29, 1.82) is 0 Å². The van der Waals surface area contributed by atoms with Gasteiger partial charge in [0, 0.05) is 31.9 Å². The van der Waals surface area contributed by atoms with Crippen LogP contribution in [0.4, 0.5) is 0 Å². The van der Waals surface area contributed by atoms with Crippen LogP contribution in [0.2, 0.25) is 0 Å². The molecule has 1 aromatic heterocycles. The molecule has 1 unspecified atom stereocenters. The van der Waals surface area contributed by atoms with Gasteiger partial charge in [-0.1, -0.05) is 13.0 Å². The number of methoxy groups -OCH3 is 1. The molecule has 0 saturated heterocycles. The average Bonchev–Trinajstić information content (AvgIpc) is 2.46. The topological polar surface area (TPSA) is 59.5 Å². The van der Waals surface area contributed by atoms with Crippen LogP contribution in [0.5, 0.6) is 0 Å². The lowest BCUT2D eigenvalue weighted by Gasteiger charge is -2.21. The van der Waals surface area contributed by atoms with Crippen molar-refractivity contribution >= 4 is 11.9 Å². The second-order valence-electron chi connectivity index (χ2n) is 4.31. The zero-order valence-corrected chi connectivity index (χ0v) is 11.6. The number of hydrogen-bond donors (Lipinski definition) is 0. The summed E-state index contributed by atoms with van der Waals surface area (Å²) < 4.78 is 4.64. The van der Waals surface area contributed by atoms with Crippen molar-refractivity contribution in [2.24, 2.45) is 5.92 Å².